The van der Waals surface area contributed by atoms with Crippen molar-refractivity contribution in [3.63, 3.8) is 0 Å². The van der Waals surface area contributed by atoms with Crippen LogP contribution in [0.2, 0.25) is 0 Å². The molecule has 1 unspecified atom stereocenters. The monoisotopic (exact) mass is 436 g/mol. The number of nitriles is 1. The lowest BCUT2D eigenvalue weighted by atomic mass is 10.2. The topological polar surface area (TPSA) is 65.1 Å². The summed E-state index contributed by atoms with van der Waals surface area (Å²) < 4.78 is 0.937. The molecule has 0 aromatic heterocycles. The predicted octanol–water partition coefficient (Wildman–Crippen LogP) is 5.13. The first-order valence-electron chi connectivity index (χ1n) is 8.38. The van der Waals surface area contributed by atoms with E-state index >= 15 is 0 Å². The number of anilines is 2. The summed E-state index contributed by atoms with van der Waals surface area (Å²) in [6.07, 6.45) is 6.02. The van der Waals surface area contributed by atoms with Gasteiger partial charge in [0.2, 0.25) is 0 Å². The van der Waals surface area contributed by atoms with E-state index in [9.17, 15) is 5.26 Å². The van der Waals surface area contributed by atoms with Gasteiger partial charge in [0.05, 0.1) is 22.6 Å². The van der Waals surface area contributed by atoms with E-state index in [1.165, 1.54) is 10.5 Å². The summed E-state index contributed by atoms with van der Waals surface area (Å²) in [5.41, 5.74) is 13.7. The van der Waals surface area contributed by atoms with Crippen molar-refractivity contribution in [1.29, 1.82) is 5.26 Å². The summed E-state index contributed by atoms with van der Waals surface area (Å²) in [5, 5.41) is 13.7. The molecule has 2 aromatic rings. The van der Waals surface area contributed by atoms with E-state index in [1.54, 1.807) is 0 Å². The molecule has 0 bridgehead atoms. The molecule has 2 aliphatic heterocycles. The Labute approximate surface area is 169 Å². The average Bonchev–Trinajstić information content (AvgIpc) is 3.04. The first-order valence-corrected chi connectivity index (χ1v) is 10.6. The standard InChI is InChI=1S/C21H17BrN4S/c22-17-8-9-18(24)19(11-17)25-26-10-4-7-20-21(26)16(12-23)14-27(20)13-15-5-2-1-3-6-15/h1-11,14,25H,13,24H2. The molecule has 4 rings (SSSR count). The van der Waals surface area contributed by atoms with Gasteiger partial charge in [0.25, 0.3) is 0 Å². The van der Waals surface area contributed by atoms with Crippen molar-refractivity contribution in [2.45, 2.75) is 5.75 Å². The molecule has 2 aliphatic rings. The number of rotatable bonds is 4. The predicted molar refractivity (Wildman–Crippen MR) is 118 cm³/mol. The van der Waals surface area contributed by atoms with Crippen LogP contribution in [0.1, 0.15) is 5.56 Å². The van der Waals surface area contributed by atoms with Gasteiger partial charge in [-0.3, -0.25) is 10.4 Å². The highest BCUT2D eigenvalue weighted by Crippen LogP contribution is 2.44. The summed E-state index contributed by atoms with van der Waals surface area (Å²) in [6, 6.07) is 18.4. The van der Waals surface area contributed by atoms with Crippen LogP contribution in [-0.4, -0.2) is 10.4 Å². The lowest BCUT2D eigenvalue weighted by Gasteiger charge is -2.29. The van der Waals surface area contributed by atoms with Gasteiger partial charge < -0.3 is 5.73 Å². The number of nitrogen functional groups attached to an aromatic ring is 1. The van der Waals surface area contributed by atoms with E-state index in [1.807, 2.05) is 53.7 Å². The summed E-state index contributed by atoms with van der Waals surface area (Å²) in [6.45, 7) is 0. The number of nitrogens with one attached hydrogen (secondary N) is 1. The number of nitrogens with zero attached hydrogens (tertiary/aromatic N) is 2. The Morgan fingerprint density at radius 3 is 2.78 bits per heavy atom. The third-order valence-electron chi connectivity index (χ3n) is 4.30. The number of benzene rings is 2. The second kappa shape index (κ2) is 7.47. The molecule has 0 radical (unpaired) electrons. The molecule has 2 heterocycles. The van der Waals surface area contributed by atoms with E-state index in [-0.39, 0.29) is 10.5 Å². The number of hydrogen-bond donors (Lipinski definition) is 2. The van der Waals surface area contributed by atoms with E-state index in [0.717, 1.165) is 21.6 Å². The van der Waals surface area contributed by atoms with Crippen molar-refractivity contribution in [1.82, 2.24) is 5.01 Å². The Morgan fingerprint density at radius 1 is 1.19 bits per heavy atom. The maximum Gasteiger partial charge on any atom is 0.102 e. The highest BCUT2D eigenvalue weighted by molar-refractivity contribution is 9.10. The van der Waals surface area contributed by atoms with Gasteiger partial charge >= 0.3 is 0 Å². The van der Waals surface area contributed by atoms with Crippen LogP contribution in [0.25, 0.3) is 0 Å². The maximum absolute atomic E-state index is 9.70. The maximum atomic E-state index is 9.70. The Balaban J connectivity index is 1.64. The van der Waals surface area contributed by atoms with Crippen LogP contribution in [0, 0.1) is 11.3 Å². The van der Waals surface area contributed by atoms with E-state index in [0.29, 0.717) is 11.3 Å². The van der Waals surface area contributed by atoms with Crippen molar-refractivity contribution in [2.24, 2.45) is 0 Å². The second-order valence-corrected chi connectivity index (χ2v) is 8.87. The molecule has 0 saturated carbocycles. The SMILES string of the molecule is N#CC1=C2C(=CC=CN2Nc2cc(Br)ccc2N)S(Cc2ccccc2)=C1. The summed E-state index contributed by atoms with van der Waals surface area (Å²) >= 11 is 3.48. The molecule has 134 valence electrons. The molecule has 0 spiro atoms. The number of hydrazine groups is 1. The largest absolute Gasteiger partial charge is 0.397 e. The molecule has 1 atom stereocenters. The van der Waals surface area contributed by atoms with Gasteiger partial charge in [-0.15, -0.1) is 10.5 Å². The molecular weight excluding hydrogens is 420 g/mol. The zero-order chi connectivity index (χ0) is 18.8. The van der Waals surface area contributed by atoms with Crippen LogP contribution in [0.5, 0.6) is 0 Å². The van der Waals surface area contributed by atoms with Crippen molar-refractivity contribution in [3.8, 4) is 6.07 Å². The minimum Gasteiger partial charge on any atom is -0.397 e. The summed E-state index contributed by atoms with van der Waals surface area (Å²) in [4.78, 5) is 1.17. The molecule has 4 nitrogen and oxygen atoms in total. The van der Waals surface area contributed by atoms with Crippen LogP contribution in [0.4, 0.5) is 11.4 Å². The number of fused-ring (bicyclic) bond motifs is 1. The fourth-order valence-electron chi connectivity index (χ4n) is 3.03. The van der Waals surface area contributed by atoms with Crippen molar-refractivity contribution < 1.29 is 0 Å². The molecule has 0 fully saturated rings. The minimum absolute atomic E-state index is 0.147. The molecule has 3 N–H and O–H groups in total. The first-order chi connectivity index (χ1) is 13.2. The van der Waals surface area contributed by atoms with Crippen LogP contribution >= 0.6 is 26.4 Å². The minimum atomic E-state index is -0.147. The Hall–Kier alpha value is -2.75. The Bertz CT molecular complexity index is 1060. The first kappa shape index (κ1) is 17.7. The molecule has 6 heteroatoms. The fraction of sp³-hybridized carbons (Fsp3) is 0.0476. The van der Waals surface area contributed by atoms with Crippen LogP contribution in [0.3, 0.4) is 0 Å². The summed E-state index contributed by atoms with van der Waals surface area (Å²) in [5.74, 6) is 0.891. The molecule has 0 aliphatic carbocycles. The summed E-state index contributed by atoms with van der Waals surface area (Å²) in [7, 11) is -0.147. The van der Waals surface area contributed by atoms with E-state index in [2.05, 4.69) is 51.0 Å². The van der Waals surface area contributed by atoms with Gasteiger partial charge in [0.15, 0.2) is 0 Å². The van der Waals surface area contributed by atoms with Crippen molar-refractivity contribution >= 4 is 43.2 Å². The van der Waals surface area contributed by atoms with E-state index < -0.39 is 0 Å². The van der Waals surface area contributed by atoms with Gasteiger partial charge in [-0.05, 0) is 41.3 Å². The number of halogens is 1. The van der Waals surface area contributed by atoms with Crippen LogP contribution in [0.15, 0.2) is 87.5 Å². The van der Waals surface area contributed by atoms with Crippen molar-refractivity contribution in [3.05, 3.63) is 93.1 Å². The van der Waals surface area contributed by atoms with Gasteiger partial charge in [0.1, 0.15) is 6.07 Å². The van der Waals surface area contributed by atoms with E-state index in [4.69, 9.17) is 5.73 Å². The third-order valence-corrected chi connectivity index (χ3v) is 6.85. The molecule has 0 saturated heterocycles. The van der Waals surface area contributed by atoms with Gasteiger partial charge in [-0.2, -0.15) is 5.26 Å². The van der Waals surface area contributed by atoms with Crippen LogP contribution in [-0.2, 0) is 5.75 Å². The lowest BCUT2D eigenvalue weighted by Crippen LogP contribution is -2.26. The average molecular weight is 437 g/mol. The highest BCUT2D eigenvalue weighted by Gasteiger charge is 2.27. The highest BCUT2D eigenvalue weighted by atomic mass is 79.9. The molecule has 2 aromatic carbocycles. The third kappa shape index (κ3) is 3.57. The molecular formula is C21H17BrN4S. The van der Waals surface area contributed by atoms with Crippen LogP contribution < -0.4 is 11.2 Å². The van der Waals surface area contributed by atoms with Crippen molar-refractivity contribution in [2.75, 3.05) is 11.2 Å². The molecule has 0 amide bonds. The Morgan fingerprint density at radius 2 is 2.00 bits per heavy atom. The van der Waals surface area contributed by atoms with Gasteiger partial charge in [-0.1, -0.05) is 46.3 Å². The second-order valence-electron chi connectivity index (χ2n) is 6.14. The molecule has 27 heavy (non-hydrogen) atoms. The zero-order valence-electron chi connectivity index (χ0n) is 14.4. The number of allylic oxidation sites excluding steroid dienone is 3. The number of hydrogen-bond acceptors (Lipinski definition) is 4. The smallest absolute Gasteiger partial charge is 0.102 e. The zero-order valence-corrected chi connectivity index (χ0v) is 16.8. The van der Waals surface area contributed by atoms with Gasteiger partial charge in [0, 0.05) is 21.3 Å². The Kier molecular flexibility index (Phi) is 4.88. The quantitative estimate of drug-likeness (QED) is 0.514. The lowest BCUT2D eigenvalue weighted by molar-refractivity contribution is 0.568. The van der Waals surface area contributed by atoms with Gasteiger partial charge in [-0.25, -0.2) is 0 Å². The fourth-order valence-corrected chi connectivity index (χ4v) is 5.46. The number of nitrogens with two attached hydrogens (primary N) is 1. The normalized spacial score (nSPS) is 17.9.